The van der Waals surface area contributed by atoms with Crippen LogP contribution >= 0.6 is 0 Å². The van der Waals surface area contributed by atoms with Crippen molar-refractivity contribution in [2.45, 2.75) is 23.8 Å². The molecule has 0 aliphatic carbocycles. The van der Waals surface area contributed by atoms with Gasteiger partial charge in [-0.3, -0.25) is 29.3 Å². The summed E-state index contributed by atoms with van der Waals surface area (Å²) in [4.78, 5) is 36.2. The number of anilines is 1. The third kappa shape index (κ3) is 3.53. The first kappa shape index (κ1) is 20.0. The molecule has 10 nitrogen and oxygen atoms in total. The number of nitro groups is 1. The molecule has 1 N–H and O–H groups in total. The molecule has 11 heteroatoms. The Hall–Kier alpha value is -3.31. The second-order valence-electron chi connectivity index (χ2n) is 6.95. The summed E-state index contributed by atoms with van der Waals surface area (Å²) in [6.07, 6.45) is 1.42. The van der Waals surface area contributed by atoms with Crippen LogP contribution in [0.5, 0.6) is 0 Å². The van der Waals surface area contributed by atoms with E-state index in [-0.39, 0.29) is 29.5 Å². The smallest absolute Gasteiger partial charge is 0.289 e. The third-order valence-electron chi connectivity index (χ3n) is 4.98. The molecule has 0 spiro atoms. The van der Waals surface area contributed by atoms with Gasteiger partial charge in [0.1, 0.15) is 0 Å². The number of carbonyl (C=O) groups is 2. The van der Waals surface area contributed by atoms with E-state index in [1.807, 2.05) is 0 Å². The minimum atomic E-state index is -4.29. The van der Waals surface area contributed by atoms with Crippen LogP contribution in [0.3, 0.4) is 0 Å². The zero-order chi connectivity index (χ0) is 21.5. The molecular weight excluding hydrogens is 414 g/mol. The number of rotatable bonds is 6. The van der Waals surface area contributed by atoms with Crippen LogP contribution in [-0.2, 0) is 14.8 Å². The van der Waals surface area contributed by atoms with Gasteiger partial charge >= 0.3 is 0 Å². The molecule has 1 fully saturated rings. The lowest BCUT2D eigenvalue weighted by Gasteiger charge is -2.17. The topological polar surface area (TPSA) is 136 Å². The number of nitro benzene ring substituents is 1. The Bertz CT molecular complexity index is 1160. The molecule has 0 bridgehead atoms. The van der Waals surface area contributed by atoms with Crippen LogP contribution in [-0.4, -0.2) is 49.3 Å². The van der Waals surface area contributed by atoms with E-state index in [4.69, 9.17) is 4.74 Å². The molecule has 2 aromatic carbocycles. The summed E-state index contributed by atoms with van der Waals surface area (Å²) in [5, 5.41) is 11.1. The normalized spacial score (nSPS) is 18.5. The summed E-state index contributed by atoms with van der Waals surface area (Å²) in [5.41, 5.74) is -0.306. The van der Waals surface area contributed by atoms with E-state index in [2.05, 4.69) is 4.72 Å². The molecule has 2 aromatic rings. The number of sulfonamides is 1. The minimum absolute atomic E-state index is 0.0204. The Balaban J connectivity index is 1.60. The van der Waals surface area contributed by atoms with Crippen molar-refractivity contribution in [1.29, 1.82) is 0 Å². The van der Waals surface area contributed by atoms with Crippen molar-refractivity contribution in [1.82, 2.24) is 4.90 Å². The molecule has 0 aromatic heterocycles. The standard InChI is InChI=1S/C19H17N3O7S/c23-18-14-8-7-12(10-15(14)19(24)21(18)11-13-4-3-9-29-13)20-30(27,28)17-6-2-1-5-16(17)22(25)26/h1-2,5-8,10,13,20H,3-4,9,11H2. The first-order valence-electron chi connectivity index (χ1n) is 9.16. The zero-order valence-electron chi connectivity index (χ0n) is 15.6. The molecule has 1 unspecified atom stereocenters. The Labute approximate surface area is 171 Å². The number of imide groups is 1. The Morgan fingerprint density at radius 1 is 1.13 bits per heavy atom. The molecule has 1 saturated heterocycles. The first-order valence-corrected chi connectivity index (χ1v) is 10.6. The summed E-state index contributed by atoms with van der Waals surface area (Å²) in [5.74, 6) is -0.990. The van der Waals surface area contributed by atoms with Gasteiger partial charge in [0.25, 0.3) is 27.5 Å². The number of ether oxygens (including phenoxy) is 1. The fourth-order valence-corrected chi connectivity index (χ4v) is 4.78. The minimum Gasteiger partial charge on any atom is -0.376 e. The summed E-state index contributed by atoms with van der Waals surface area (Å²) >= 11 is 0. The van der Waals surface area contributed by atoms with Crippen LogP contribution in [0.4, 0.5) is 11.4 Å². The van der Waals surface area contributed by atoms with Gasteiger partial charge in [-0.05, 0) is 37.1 Å². The Morgan fingerprint density at radius 3 is 2.57 bits per heavy atom. The maximum absolute atomic E-state index is 12.7. The van der Waals surface area contributed by atoms with Crippen molar-refractivity contribution in [2.24, 2.45) is 0 Å². The predicted octanol–water partition coefficient (Wildman–Crippen LogP) is 2.17. The van der Waals surface area contributed by atoms with E-state index >= 15 is 0 Å². The maximum Gasteiger partial charge on any atom is 0.289 e. The van der Waals surface area contributed by atoms with Crippen LogP contribution in [0.1, 0.15) is 33.6 Å². The average Bonchev–Trinajstić information content (AvgIpc) is 3.31. The second-order valence-corrected chi connectivity index (χ2v) is 8.60. The van der Waals surface area contributed by atoms with Crippen molar-refractivity contribution in [2.75, 3.05) is 17.9 Å². The van der Waals surface area contributed by atoms with Gasteiger partial charge in [0.05, 0.1) is 28.7 Å². The van der Waals surface area contributed by atoms with Crippen molar-refractivity contribution in [3.8, 4) is 0 Å². The fourth-order valence-electron chi connectivity index (χ4n) is 3.56. The van der Waals surface area contributed by atoms with E-state index in [9.17, 15) is 28.1 Å². The molecule has 2 amide bonds. The van der Waals surface area contributed by atoms with Crippen LogP contribution in [0.15, 0.2) is 47.4 Å². The highest BCUT2D eigenvalue weighted by Gasteiger charge is 2.38. The highest BCUT2D eigenvalue weighted by atomic mass is 32.2. The van der Waals surface area contributed by atoms with Crippen molar-refractivity contribution in [3.05, 3.63) is 63.7 Å². The van der Waals surface area contributed by atoms with Gasteiger partial charge in [-0.1, -0.05) is 12.1 Å². The van der Waals surface area contributed by atoms with Crippen LogP contribution in [0.2, 0.25) is 0 Å². The van der Waals surface area contributed by atoms with Crippen molar-refractivity contribution in [3.63, 3.8) is 0 Å². The van der Waals surface area contributed by atoms with Crippen LogP contribution in [0, 0.1) is 10.1 Å². The average molecular weight is 431 g/mol. The lowest BCUT2D eigenvalue weighted by molar-refractivity contribution is -0.387. The van der Waals surface area contributed by atoms with Gasteiger partial charge in [-0.25, -0.2) is 8.42 Å². The number of fused-ring (bicyclic) bond motifs is 1. The van der Waals surface area contributed by atoms with Crippen LogP contribution in [0.25, 0.3) is 0 Å². The maximum atomic E-state index is 12.7. The van der Waals surface area contributed by atoms with E-state index in [1.54, 1.807) is 0 Å². The summed E-state index contributed by atoms with van der Waals surface area (Å²) in [7, 11) is -4.29. The monoisotopic (exact) mass is 431 g/mol. The quantitative estimate of drug-likeness (QED) is 0.420. The number of carbonyl (C=O) groups excluding carboxylic acids is 2. The van der Waals surface area contributed by atoms with Gasteiger partial charge in [0.2, 0.25) is 0 Å². The van der Waals surface area contributed by atoms with Gasteiger partial charge in [-0.2, -0.15) is 0 Å². The van der Waals surface area contributed by atoms with E-state index < -0.39 is 37.3 Å². The molecule has 2 aliphatic rings. The lowest BCUT2D eigenvalue weighted by Crippen LogP contribution is -2.36. The Morgan fingerprint density at radius 2 is 1.87 bits per heavy atom. The van der Waals surface area contributed by atoms with Gasteiger partial charge in [0, 0.05) is 18.4 Å². The summed E-state index contributed by atoms with van der Waals surface area (Å²) in [6, 6.07) is 8.90. The predicted molar refractivity (Wildman–Crippen MR) is 105 cm³/mol. The Kier molecular flexibility index (Phi) is 5.00. The molecule has 156 valence electrons. The zero-order valence-corrected chi connectivity index (χ0v) is 16.4. The highest BCUT2D eigenvalue weighted by Crippen LogP contribution is 2.30. The second kappa shape index (κ2) is 7.50. The van der Waals surface area contributed by atoms with E-state index in [0.717, 1.165) is 29.9 Å². The number of benzene rings is 2. The molecule has 4 rings (SSSR count). The summed E-state index contributed by atoms with van der Waals surface area (Å²) in [6.45, 7) is 0.731. The van der Waals surface area contributed by atoms with Crippen molar-refractivity contribution >= 4 is 33.2 Å². The number of hydrogen-bond donors (Lipinski definition) is 1. The molecule has 0 saturated carbocycles. The molecule has 1 atom stereocenters. The van der Waals surface area contributed by atoms with Gasteiger partial charge in [0.15, 0.2) is 4.90 Å². The lowest BCUT2D eigenvalue weighted by atomic mass is 10.1. The number of hydrogen-bond acceptors (Lipinski definition) is 7. The number of para-hydroxylation sites is 1. The molecule has 30 heavy (non-hydrogen) atoms. The molecule has 2 heterocycles. The highest BCUT2D eigenvalue weighted by molar-refractivity contribution is 7.92. The first-order chi connectivity index (χ1) is 14.3. The fraction of sp³-hybridized carbons (Fsp3) is 0.263. The van der Waals surface area contributed by atoms with Crippen molar-refractivity contribution < 1.29 is 27.7 Å². The molecule has 2 aliphatic heterocycles. The van der Waals surface area contributed by atoms with Gasteiger partial charge < -0.3 is 4.74 Å². The molecular formula is C19H17N3O7S. The van der Waals surface area contributed by atoms with Gasteiger partial charge in [-0.15, -0.1) is 0 Å². The van der Waals surface area contributed by atoms with Crippen LogP contribution < -0.4 is 4.72 Å². The van der Waals surface area contributed by atoms with E-state index in [1.165, 1.54) is 30.3 Å². The third-order valence-corrected chi connectivity index (χ3v) is 6.41. The number of nitrogens with zero attached hydrogens (tertiary/aromatic N) is 2. The summed E-state index contributed by atoms with van der Waals surface area (Å²) < 4.78 is 33.1. The number of nitrogens with one attached hydrogen (secondary N) is 1. The number of amides is 2. The SMILES string of the molecule is O=C1c2ccc(NS(=O)(=O)c3ccccc3[N+](=O)[O-])cc2C(=O)N1CC1CCCO1. The molecule has 0 radical (unpaired) electrons. The largest absolute Gasteiger partial charge is 0.376 e. The van der Waals surface area contributed by atoms with E-state index in [0.29, 0.717) is 6.61 Å².